The standard InChI is InChI=1S/C10H19NO3/c1-7-8(6-12)5-11(7)9(13)14-10(2,3)4/h7-8,12H,5-6H2,1-4H3/t7-,8?/m0/s1. The number of likely N-dealkylation sites (tertiary alicyclic amines) is 1. The first-order valence-corrected chi connectivity index (χ1v) is 4.95. The van der Waals surface area contributed by atoms with Crippen molar-refractivity contribution in [2.24, 2.45) is 5.92 Å². The van der Waals surface area contributed by atoms with Gasteiger partial charge in [0.05, 0.1) is 0 Å². The molecule has 14 heavy (non-hydrogen) atoms. The average molecular weight is 201 g/mol. The SMILES string of the molecule is C[C@H]1C(CO)CN1C(=O)OC(C)(C)C. The number of ether oxygens (including phenoxy) is 1. The van der Waals surface area contributed by atoms with Gasteiger partial charge < -0.3 is 14.7 Å². The number of amides is 1. The molecule has 4 heteroatoms. The lowest BCUT2D eigenvalue weighted by Crippen LogP contribution is -2.59. The van der Waals surface area contributed by atoms with Crippen LogP contribution in [-0.2, 0) is 4.74 Å². The molecule has 1 amide bonds. The summed E-state index contributed by atoms with van der Waals surface area (Å²) in [4.78, 5) is 13.2. The van der Waals surface area contributed by atoms with E-state index < -0.39 is 5.60 Å². The van der Waals surface area contributed by atoms with Crippen LogP contribution in [0.2, 0.25) is 0 Å². The molecule has 1 saturated heterocycles. The number of hydrogen-bond donors (Lipinski definition) is 1. The largest absolute Gasteiger partial charge is 0.444 e. The smallest absolute Gasteiger partial charge is 0.410 e. The summed E-state index contributed by atoms with van der Waals surface area (Å²) in [6.45, 7) is 8.21. The van der Waals surface area contributed by atoms with Gasteiger partial charge in [-0.25, -0.2) is 4.79 Å². The molecule has 0 aliphatic carbocycles. The Kier molecular flexibility index (Phi) is 3.04. The average Bonchev–Trinajstić information content (AvgIpc) is 1.99. The molecular formula is C10H19NO3. The van der Waals surface area contributed by atoms with Crippen molar-refractivity contribution in [3.8, 4) is 0 Å². The zero-order valence-corrected chi connectivity index (χ0v) is 9.28. The molecule has 1 heterocycles. The highest BCUT2D eigenvalue weighted by molar-refractivity contribution is 5.69. The van der Waals surface area contributed by atoms with Crippen LogP contribution in [0.1, 0.15) is 27.7 Å². The van der Waals surface area contributed by atoms with Gasteiger partial charge in [0, 0.05) is 25.1 Å². The van der Waals surface area contributed by atoms with Crippen LogP contribution in [0.5, 0.6) is 0 Å². The highest BCUT2D eigenvalue weighted by Crippen LogP contribution is 2.25. The van der Waals surface area contributed by atoms with Gasteiger partial charge >= 0.3 is 6.09 Å². The fourth-order valence-electron chi connectivity index (χ4n) is 1.46. The van der Waals surface area contributed by atoms with Crippen molar-refractivity contribution in [3.63, 3.8) is 0 Å². The second-order valence-corrected chi connectivity index (χ2v) is 4.82. The van der Waals surface area contributed by atoms with Crippen LogP contribution in [0.25, 0.3) is 0 Å². The molecule has 0 aromatic heterocycles. The first-order valence-electron chi connectivity index (χ1n) is 4.95. The molecule has 0 radical (unpaired) electrons. The van der Waals surface area contributed by atoms with Gasteiger partial charge in [-0.15, -0.1) is 0 Å². The van der Waals surface area contributed by atoms with Crippen molar-refractivity contribution in [2.45, 2.75) is 39.3 Å². The third kappa shape index (κ3) is 2.38. The summed E-state index contributed by atoms with van der Waals surface area (Å²) in [5, 5.41) is 8.91. The Morgan fingerprint density at radius 2 is 2.14 bits per heavy atom. The maximum atomic E-state index is 11.5. The molecular weight excluding hydrogens is 182 g/mol. The summed E-state index contributed by atoms with van der Waals surface area (Å²) in [7, 11) is 0. The number of aliphatic hydroxyl groups excluding tert-OH is 1. The van der Waals surface area contributed by atoms with E-state index in [0.717, 1.165) is 0 Å². The van der Waals surface area contributed by atoms with Gasteiger partial charge in [0.2, 0.25) is 0 Å². The van der Waals surface area contributed by atoms with Crippen molar-refractivity contribution < 1.29 is 14.6 Å². The summed E-state index contributed by atoms with van der Waals surface area (Å²) in [5.74, 6) is 0.211. The minimum atomic E-state index is -0.443. The van der Waals surface area contributed by atoms with E-state index >= 15 is 0 Å². The number of carbonyl (C=O) groups excluding carboxylic acids is 1. The molecule has 1 unspecified atom stereocenters. The van der Waals surface area contributed by atoms with Crippen LogP contribution in [0, 0.1) is 5.92 Å². The minimum absolute atomic E-state index is 0.0925. The minimum Gasteiger partial charge on any atom is -0.444 e. The first-order chi connectivity index (χ1) is 6.35. The molecule has 1 aliphatic heterocycles. The van der Waals surface area contributed by atoms with E-state index in [9.17, 15) is 4.79 Å². The maximum absolute atomic E-state index is 11.5. The maximum Gasteiger partial charge on any atom is 0.410 e. The molecule has 82 valence electrons. The summed E-state index contributed by atoms with van der Waals surface area (Å²) in [5.41, 5.74) is -0.443. The van der Waals surface area contributed by atoms with E-state index in [2.05, 4.69) is 0 Å². The molecule has 1 aliphatic rings. The monoisotopic (exact) mass is 201 g/mol. The Balaban J connectivity index is 2.42. The van der Waals surface area contributed by atoms with Crippen LogP contribution < -0.4 is 0 Å². The van der Waals surface area contributed by atoms with Gasteiger partial charge in [-0.3, -0.25) is 0 Å². The molecule has 2 atom stereocenters. The third-order valence-electron chi connectivity index (χ3n) is 2.47. The molecule has 1 rings (SSSR count). The van der Waals surface area contributed by atoms with Gasteiger partial charge in [0.25, 0.3) is 0 Å². The van der Waals surface area contributed by atoms with Crippen molar-refractivity contribution in [1.29, 1.82) is 0 Å². The summed E-state index contributed by atoms with van der Waals surface area (Å²) in [6, 6.07) is 0.0925. The number of hydrogen-bond acceptors (Lipinski definition) is 3. The Bertz CT molecular complexity index is 222. The predicted octanol–water partition coefficient (Wildman–Crippen LogP) is 1.23. The van der Waals surface area contributed by atoms with Crippen molar-refractivity contribution in [3.05, 3.63) is 0 Å². The van der Waals surface area contributed by atoms with E-state index in [4.69, 9.17) is 9.84 Å². The molecule has 1 fully saturated rings. The Hall–Kier alpha value is -0.770. The molecule has 1 N–H and O–H groups in total. The predicted molar refractivity (Wildman–Crippen MR) is 53.0 cm³/mol. The van der Waals surface area contributed by atoms with E-state index in [0.29, 0.717) is 6.54 Å². The van der Waals surface area contributed by atoms with Gasteiger partial charge in [-0.1, -0.05) is 0 Å². The van der Waals surface area contributed by atoms with Crippen molar-refractivity contribution in [2.75, 3.05) is 13.2 Å². The van der Waals surface area contributed by atoms with E-state index in [1.807, 2.05) is 27.7 Å². The summed E-state index contributed by atoms with van der Waals surface area (Å²) < 4.78 is 5.21. The van der Waals surface area contributed by atoms with Gasteiger partial charge in [0.1, 0.15) is 5.60 Å². The van der Waals surface area contributed by atoms with E-state index in [-0.39, 0.29) is 24.7 Å². The molecule has 0 saturated carbocycles. The quantitative estimate of drug-likeness (QED) is 0.694. The zero-order chi connectivity index (χ0) is 10.9. The summed E-state index contributed by atoms with van der Waals surface area (Å²) in [6.07, 6.45) is -0.283. The van der Waals surface area contributed by atoms with Crippen LogP contribution in [0.3, 0.4) is 0 Å². The second-order valence-electron chi connectivity index (χ2n) is 4.82. The molecule has 4 nitrogen and oxygen atoms in total. The Morgan fingerprint density at radius 3 is 2.50 bits per heavy atom. The third-order valence-corrected chi connectivity index (χ3v) is 2.47. The zero-order valence-electron chi connectivity index (χ0n) is 9.28. The highest BCUT2D eigenvalue weighted by atomic mass is 16.6. The van der Waals surface area contributed by atoms with Gasteiger partial charge in [-0.05, 0) is 27.7 Å². The van der Waals surface area contributed by atoms with Crippen molar-refractivity contribution in [1.82, 2.24) is 4.90 Å². The van der Waals surface area contributed by atoms with E-state index in [1.165, 1.54) is 0 Å². The number of carbonyl (C=O) groups is 1. The second kappa shape index (κ2) is 3.77. The lowest BCUT2D eigenvalue weighted by Gasteiger charge is -2.45. The Morgan fingerprint density at radius 1 is 1.57 bits per heavy atom. The van der Waals surface area contributed by atoms with Crippen LogP contribution in [0.4, 0.5) is 4.79 Å². The van der Waals surface area contributed by atoms with Gasteiger partial charge in [-0.2, -0.15) is 0 Å². The lowest BCUT2D eigenvalue weighted by molar-refractivity contribution is -0.0372. The number of rotatable bonds is 1. The van der Waals surface area contributed by atoms with Gasteiger partial charge in [0.15, 0.2) is 0 Å². The Labute approximate surface area is 84.8 Å². The fourth-order valence-corrected chi connectivity index (χ4v) is 1.46. The van der Waals surface area contributed by atoms with Crippen LogP contribution in [-0.4, -0.2) is 40.9 Å². The first kappa shape index (κ1) is 11.3. The molecule has 0 bridgehead atoms. The molecule has 0 spiro atoms. The number of nitrogens with zero attached hydrogens (tertiary/aromatic N) is 1. The van der Waals surface area contributed by atoms with Crippen molar-refractivity contribution >= 4 is 6.09 Å². The fraction of sp³-hybridized carbons (Fsp3) is 0.900. The topological polar surface area (TPSA) is 49.8 Å². The molecule has 0 aromatic carbocycles. The van der Waals surface area contributed by atoms with Crippen LogP contribution in [0.15, 0.2) is 0 Å². The van der Waals surface area contributed by atoms with Crippen LogP contribution >= 0.6 is 0 Å². The highest BCUT2D eigenvalue weighted by Gasteiger charge is 2.40. The summed E-state index contributed by atoms with van der Waals surface area (Å²) >= 11 is 0. The lowest BCUT2D eigenvalue weighted by atomic mass is 9.91. The number of aliphatic hydroxyl groups is 1. The normalized spacial score (nSPS) is 27.1. The van der Waals surface area contributed by atoms with E-state index in [1.54, 1.807) is 4.90 Å². The molecule has 0 aromatic rings.